The standard InChI is InChI=1S/C16H23ClO2/c1-15(2,3)11-16(4,5)12-6-8-13(9-7-12)19-10-14(17)18/h6-9H,10-11H2,1-5H3. The second kappa shape index (κ2) is 5.96. The zero-order valence-electron chi connectivity index (χ0n) is 12.4. The first-order chi connectivity index (χ1) is 8.60. The molecule has 106 valence electrons. The molecule has 0 saturated heterocycles. The molecule has 0 heterocycles. The third-order valence-corrected chi connectivity index (χ3v) is 3.07. The van der Waals surface area contributed by atoms with Crippen LogP contribution in [0.15, 0.2) is 24.3 Å². The van der Waals surface area contributed by atoms with Gasteiger partial charge in [-0.25, -0.2) is 0 Å². The summed E-state index contributed by atoms with van der Waals surface area (Å²) in [5.41, 5.74) is 1.66. The second-order valence-corrected chi connectivity index (χ2v) is 7.21. The number of rotatable bonds is 5. The topological polar surface area (TPSA) is 26.3 Å². The lowest BCUT2D eigenvalue weighted by molar-refractivity contribution is -0.113. The number of benzene rings is 1. The normalized spacial score (nSPS) is 12.3. The molecule has 0 aliphatic heterocycles. The van der Waals surface area contributed by atoms with Crippen LogP contribution in [0.2, 0.25) is 0 Å². The fourth-order valence-electron chi connectivity index (χ4n) is 2.57. The zero-order valence-corrected chi connectivity index (χ0v) is 13.2. The first-order valence-corrected chi connectivity index (χ1v) is 6.90. The highest BCUT2D eigenvalue weighted by Gasteiger charge is 2.27. The third kappa shape index (κ3) is 5.65. The van der Waals surface area contributed by atoms with E-state index >= 15 is 0 Å². The van der Waals surface area contributed by atoms with Crippen LogP contribution in [0.5, 0.6) is 5.75 Å². The Morgan fingerprint density at radius 3 is 2.05 bits per heavy atom. The van der Waals surface area contributed by atoms with Crippen molar-refractivity contribution in [1.82, 2.24) is 0 Å². The number of carbonyl (C=O) groups excluding carboxylic acids is 1. The molecular weight excluding hydrogens is 260 g/mol. The van der Waals surface area contributed by atoms with Crippen LogP contribution in [0.25, 0.3) is 0 Å². The van der Waals surface area contributed by atoms with Crippen molar-refractivity contribution in [1.29, 1.82) is 0 Å². The SMILES string of the molecule is CC(C)(C)CC(C)(C)c1ccc(OCC(=O)Cl)cc1. The number of carbonyl (C=O) groups is 1. The number of ether oxygens (including phenoxy) is 1. The molecule has 1 aromatic carbocycles. The van der Waals surface area contributed by atoms with Gasteiger partial charge >= 0.3 is 0 Å². The highest BCUT2D eigenvalue weighted by molar-refractivity contribution is 6.63. The van der Waals surface area contributed by atoms with Crippen molar-refractivity contribution in [2.75, 3.05) is 6.61 Å². The molecule has 0 atom stereocenters. The van der Waals surface area contributed by atoms with E-state index in [-0.39, 0.29) is 17.4 Å². The molecule has 0 amide bonds. The Bertz CT molecular complexity index is 427. The summed E-state index contributed by atoms with van der Waals surface area (Å²) in [5.74, 6) is 0.671. The maximum atomic E-state index is 10.6. The van der Waals surface area contributed by atoms with E-state index in [0.717, 1.165) is 6.42 Å². The van der Waals surface area contributed by atoms with Crippen molar-refractivity contribution in [3.63, 3.8) is 0 Å². The van der Waals surface area contributed by atoms with E-state index in [0.29, 0.717) is 5.75 Å². The van der Waals surface area contributed by atoms with Crippen molar-refractivity contribution < 1.29 is 9.53 Å². The summed E-state index contributed by atoms with van der Waals surface area (Å²) >= 11 is 5.24. The highest BCUT2D eigenvalue weighted by atomic mass is 35.5. The first kappa shape index (κ1) is 16.0. The molecule has 0 radical (unpaired) electrons. The van der Waals surface area contributed by atoms with Gasteiger partial charge in [0.15, 0.2) is 6.61 Å². The molecule has 0 bridgehead atoms. The Balaban J connectivity index is 2.77. The molecule has 0 aliphatic rings. The van der Waals surface area contributed by atoms with Crippen LogP contribution in [0.1, 0.15) is 46.6 Å². The van der Waals surface area contributed by atoms with Crippen LogP contribution < -0.4 is 4.74 Å². The lowest BCUT2D eigenvalue weighted by Crippen LogP contribution is -2.24. The maximum Gasteiger partial charge on any atom is 0.259 e. The summed E-state index contributed by atoms with van der Waals surface area (Å²) in [6, 6.07) is 7.89. The van der Waals surface area contributed by atoms with E-state index in [1.165, 1.54) is 5.56 Å². The number of hydrogen-bond acceptors (Lipinski definition) is 2. The van der Waals surface area contributed by atoms with Crippen molar-refractivity contribution in [3.05, 3.63) is 29.8 Å². The minimum atomic E-state index is -0.489. The average Bonchev–Trinajstić information content (AvgIpc) is 2.23. The van der Waals surface area contributed by atoms with Gasteiger partial charge in [-0.05, 0) is 46.5 Å². The molecule has 0 aromatic heterocycles. The fourth-order valence-corrected chi connectivity index (χ4v) is 2.62. The summed E-state index contributed by atoms with van der Waals surface area (Å²) in [6.07, 6.45) is 1.10. The molecule has 0 aliphatic carbocycles. The van der Waals surface area contributed by atoms with E-state index in [4.69, 9.17) is 16.3 Å². The predicted octanol–water partition coefficient (Wildman–Crippen LogP) is 4.54. The van der Waals surface area contributed by atoms with Gasteiger partial charge in [0, 0.05) is 0 Å². The van der Waals surface area contributed by atoms with Gasteiger partial charge in [0.2, 0.25) is 0 Å². The summed E-state index contributed by atoms with van der Waals surface area (Å²) in [5, 5.41) is -0.489. The monoisotopic (exact) mass is 282 g/mol. The van der Waals surface area contributed by atoms with Crippen molar-refractivity contribution in [2.24, 2.45) is 5.41 Å². The Morgan fingerprint density at radius 2 is 1.63 bits per heavy atom. The zero-order chi connectivity index (χ0) is 14.7. The smallest absolute Gasteiger partial charge is 0.259 e. The molecule has 2 nitrogen and oxygen atoms in total. The molecule has 0 spiro atoms. The summed E-state index contributed by atoms with van der Waals surface area (Å²) < 4.78 is 5.25. The molecule has 19 heavy (non-hydrogen) atoms. The van der Waals surface area contributed by atoms with Crippen molar-refractivity contribution >= 4 is 16.8 Å². The van der Waals surface area contributed by atoms with E-state index in [9.17, 15) is 4.79 Å². The molecule has 0 saturated carbocycles. The van der Waals surface area contributed by atoms with Crippen LogP contribution in [-0.4, -0.2) is 11.8 Å². The van der Waals surface area contributed by atoms with Crippen LogP contribution in [0, 0.1) is 5.41 Å². The van der Waals surface area contributed by atoms with E-state index in [1.807, 2.05) is 12.1 Å². The Labute approximate surface area is 121 Å². The van der Waals surface area contributed by atoms with Crippen LogP contribution >= 0.6 is 11.6 Å². The number of hydrogen-bond donors (Lipinski definition) is 0. The molecule has 1 aromatic rings. The number of halogens is 1. The van der Waals surface area contributed by atoms with E-state index < -0.39 is 5.24 Å². The minimum absolute atomic E-state index is 0.0910. The maximum absolute atomic E-state index is 10.6. The van der Waals surface area contributed by atoms with Gasteiger partial charge in [-0.15, -0.1) is 0 Å². The second-order valence-electron chi connectivity index (χ2n) is 6.79. The highest BCUT2D eigenvalue weighted by Crippen LogP contribution is 2.36. The Hall–Kier alpha value is -1.02. The van der Waals surface area contributed by atoms with E-state index in [2.05, 4.69) is 46.8 Å². The van der Waals surface area contributed by atoms with Gasteiger partial charge in [0.05, 0.1) is 0 Å². The fraction of sp³-hybridized carbons (Fsp3) is 0.562. The quantitative estimate of drug-likeness (QED) is 0.741. The summed E-state index contributed by atoms with van der Waals surface area (Å²) in [4.78, 5) is 10.6. The van der Waals surface area contributed by atoms with Crippen LogP contribution in [0.3, 0.4) is 0 Å². The summed E-state index contributed by atoms with van der Waals surface area (Å²) in [6.45, 7) is 11.1. The van der Waals surface area contributed by atoms with Gasteiger partial charge in [0.25, 0.3) is 5.24 Å². The average molecular weight is 283 g/mol. The Morgan fingerprint density at radius 1 is 1.11 bits per heavy atom. The predicted molar refractivity (Wildman–Crippen MR) is 79.9 cm³/mol. The van der Waals surface area contributed by atoms with Crippen LogP contribution in [0.4, 0.5) is 0 Å². The molecule has 1 rings (SSSR count). The summed E-state index contributed by atoms with van der Waals surface area (Å²) in [7, 11) is 0. The molecule has 0 fully saturated rings. The molecular formula is C16H23ClO2. The van der Waals surface area contributed by atoms with Gasteiger partial charge in [0.1, 0.15) is 5.75 Å². The lowest BCUT2D eigenvalue weighted by Gasteiger charge is -2.33. The molecule has 3 heteroatoms. The van der Waals surface area contributed by atoms with Crippen LogP contribution in [-0.2, 0) is 10.2 Å². The van der Waals surface area contributed by atoms with E-state index in [1.54, 1.807) is 0 Å². The van der Waals surface area contributed by atoms with Crippen molar-refractivity contribution in [3.8, 4) is 5.75 Å². The van der Waals surface area contributed by atoms with Gasteiger partial charge in [-0.2, -0.15) is 0 Å². The van der Waals surface area contributed by atoms with Gasteiger partial charge < -0.3 is 4.74 Å². The van der Waals surface area contributed by atoms with Gasteiger partial charge in [-0.3, -0.25) is 4.79 Å². The third-order valence-electron chi connectivity index (χ3n) is 2.96. The van der Waals surface area contributed by atoms with Gasteiger partial charge in [-0.1, -0.05) is 46.8 Å². The largest absolute Gasteiger partial charge is 0.484 e. The van der Waals surface area contributed by atoms with Crippen molar-refractivity contribution in [2.45, 2.75) is 46.5 Å². The minimum Gasteiger partial charge on any atom is -0.484 e. The molecule has 0 unspecified atom stereocenters. The Kier molecular flexibility index (Phi) is 5.03. The lowest BCUT2D eigenvalue weighted by atomic mass is 9.72. The first-order valence-electron chi connectivity index (χ1n) is 6.52. The molecule has 0 N–H and O–H groups in total.